The predicted octanol–water partition coefficient (Wildman–Crippen LogP) is 5.15. The van der Waals surface area contributed by atoms with Crippen molar-refractivity contribution >= 4 is 40.9 Å². The Kier molecular flexibility index (Phi) is 8.31. The first kappa shape index (κ1) is 27.4. The Balaban J connectivity index is 0.00000353. The summed E-state index contributed by atoms with van der Waals surface area (Å²) in [7, 11) is 0. The number of nitrogens with zero attached hydrogens (tertiary/aromatic N) is 3. The third-order valence-corrected chi connectivity index (χ3v) is 6.27. The van der Waals surface area contributed by atoms with Crippen LogP contribution in [0.15, 0.2) is 72.8 Å². The maximum absolute atomic E-state index is 12.2. The smallest absolute Gasteiger partial charge is 0.311 e. The summed E-state index contributed by atoms with van der Waals surface area (Å²) in [6.07, 6.45) is 0.105. The van der Waals surface area contributed by atoms with Crippen LogP contribution in [0.25, 0.3) is 28.0 Å². The summed E-state index contributed by atoms with van der Waals surface area (Å²) in [5, 5.41) is 15.7. The van der Waals surface area contributed by atoms with Crippen molar-refractivity contribution in [3.05, 3.63) is 95.4 Å². The van der Waals surface area contributed by atoms with Gasteiger partial charge in [-0.2, -0.15) is 5.10 Å². The van der Waals surface area contributed by atoms with Crippen LogP contribution in [0, 0.1) is 12.3 Å². The third-order valence-electron chi connectivity index (χ3n) is 6.27. The number of benzene rings is 3. The second-order valence-electron chi connectivity index (χ2n) is 8.91. The van der Waals surface area contributed by atoms with Crippen LogP contribution in [-0.4, -0.2) is 38.2 Å². The lowest BCUT2D eigenvalue weighted by molar-refractivity contribution is -0.142. The van der Waals surface area contributed by atoms with E-state index in [2.05, 4.69) is 10.3 Å². The van der Waals surface area contributed by atoms with Gasteiger partial charge in [0.1, 0.15) is 11.7 Å². The molecular weight excluding hydrogens is 514 g/mol. The predicted molar refractivity (Wildman–Crippen MR) is 156 cm³/mol. The van der Waals surface area contributed by atoms with Crippen LogP contribution in [0.3, 0.4) is 0 Å². The fourth-order valence-corrected chi connectivity index (χ4v) is 4.39. The van der Waals surface area contributed by atoms with Crippen LogP contribution in [0.4, 0.5) is 5.69 Å². The number of aromatic amines is 1. The number of nitrogens with two attached hydrogens (primary N) is 1. The number of aryl methyl sites for hydroxylation is 1. The number of anilines is 1. The van der Waals surface area contributed by atoms with Crippen molar-refractivity contribution in [2.75, 3.05) is 11.9 Å². The molecule has 0 aliphatic heterocycles. The number of halogens is 1. The van der Waals surface area contributed by atoms with Crippen molar-refractivity contribution in [1.29, 1.82) is 5.41 Å². The van der Waals surface area contributed by atoms with Crippen LogP contribution in [0.1, 0.15) is 29.6 Å². The van der Waals surface area contributed by atoms with Crippen LogP contribution in [0.5, 0.6) is 0 Å². The standard InChI is InChI=1S/C29H29N7O2.ClH/c1-3-38-27(37)16-22-15-25(19-7-5-4-6-8-19)36(35-22)24-14-13-23-28(18(24)2)34-26(33-23)17-32-21-11-9-20(10-12-21)29(30)31;/h4-15,32H,3,16-17H2,1-2H3,(H3,30,31)(H,33,34);1H. The molecule has 2 aromatic heterocycles. The molecular formula is C29H30ClN7O2. The summed E-state index contributed by atoms with van der Waals surface area (Å²) >= 11 is 0. The van der Waals surface area contributed by atoms with Crippen molar-refractivity contribution < 1.29 is 9.53 Å². The van der Waals surface area contributed by atoms with E-state index in [1.165, 1.54) is 0 Å². The van der Waals surface area contributed by atoms with Gasteiger partial charge in [0.05, 0.1) is 47.7 Å². The molecule has 0 spiro atoms. The lowest BCUT2D eigenvalue weighted by Crippen LogP contribution is -2.10. The van der Waals surface area contributed by atoms with Crippen LogP contribution in [-0.2, 0) is 22.5 Å². The molecule has 0 saturated carbocycles. The Morgan fingerprint density at radius 2 is 1.85 bits per heavy atom. The highest BCUT2D eigenvalue weighted by molar-refractivity contribution is 5.95. The average Bonchev–Trinajstić information content (AvgIpc) is 3.53. The number of hydrogen-bond acceptors (Lipinski definition) is 6. The van der Waals surface area contributed by atoms with Crippen molar-refractivity contribution in [3.8, 4) is 16.9 Å². The number of H-pyrrole nitrogens is 1. The van der Waals surface area contributed by atoms with Gasteiger partial charge in [-0.1, -0.05) is 30.3 Å². The molecule has 0 bridgehead atoms. The fraction of sp³-hybridized carbons (Fsp3) is 0.172. The fourth-order valence-electron chi connectivity index (χ4n) is 4.39. The van der Waals surface area contributed by atoms with E-state index in [4.69, 9.17) is 26.0 Å². The number of fused-ring (bicyclic) bond motifs is 1. The highest BCUT2D eigenvalue weighted by Gasteiger charge is 2.18. The summed E-state index contributed by atoms with van der Waals surface area (Å²) in [4.78, 5) is 20.4. The number of carbonyl (C=O) groups excluding carboxylic acids is 1. The molecule has 5 rings (SSSR count). The molecule has 200 valence electrons. The first-order valence-electron chi connectivity index (χ1n) is 12.4. The summed E-state index contributed by atoms with van der Waals surface area (Å²) in [6.45, 7) is 4.66. The molecule has 5 N–H and O–H groups in total. The van der Waals surface area contributed by atoms with E-state index in [0.717, 1.165) is 45.1 Å². The van der Waals surface area contributed by atoms with Crippen molar-refractivity contribution in [3.63, 3.8) is 0 Å². The first-order chi connectivity index (χ1) is 18.4. The normalized spacial score (nSPS) is 10.7. The van der Waals surface area contributed by atoms with Gasteiger partial charge in [0.2, 0.25) is 0 Å². The summed E-state index contributed by atoms with van der Waals surface area (Å²) < 4.78 is 7.02. The zero-order valence-corrected chi connectivity index (χ0v) is 22.5. The maximum Gasteiger partial charge on any atom is 0.311 e. The minimum Gasteiger partial charge on any atom is -0.466 e. The number of amidine groups is 1. The Bertz CT molecular complexity index is 1610. The maximum atomic E-state index is 12.2. The van der Waals surface area contributed by atoms with Gasteiger partial charge in [-0.05, 0) is 56.3 Å². The largest absolute Gasteiger partial charge is 0.466 e. The van der Waals surface area contributed by atoms with Crippen LogP contribution >= 0.6 is 12.4 Å². The highest BCUT2D eigenvalue weighted by Crippen LogP contribution is 2.29. The highest BCUT2D eigenvalue weighted by atomic mass is 35.5. The molecule has 3 aromatic carbocycles. The summed E-state index contributed by atoms with van der Waals surface area (Å²) in [5.74, 6) is 0.535. The Hall–Kier alpha value is -4.63. The molecule has 0 atom stereocenters. The quantitative estimate of drug-likeness (QED) is 0.115. The minimum absolute atomic E-state index is 0. The Morgan fingerprint density at radius 3 is 2.54 bits per heavy atom. The molecule has 0 radical (unpaired) electrons. The summed E-state index contributed by atoms with van der Waals surface area (Å²) in [5.41, 5.74) is 13.3. The van der Waals surface area contributed by atoms with Crippen molar-refractivity contribution in [2.45, 2.75) is 26.8 Å². The average molecular weight is 544 g/mol. The van der Waals surface area contributed by atoms with Gasteiger partial charge in [0.15, 0.2) is 0 Å². The molecule has 5 aromatic rings. The van der Waals surface area contributed by atoms with Gasteiger partial charge < -0.3 is 20.8 Å². The van der Waals surface area contributed by atoms with E-state index in [1.807, 2.05) is 84.4 Å². The van der Waals surface area contributed by atoms with Gasteiger partial charge in [-0.3, -0.25) is 10.2 Å². The monoisotopic (exact) mass is 543 g/mol. The molecule has 0 amide bonds. The van der Waals surface area contributed by atoms with Crippen molar-refractivity contribution in [2.24, 2.45) is 5.73 Å². The van der Waals surface area contributed by atoms with E-state index >= 15 is 0 Å². The van der Waals surface area contributed by atoms with E-state index in [-0.39, 0.29) is 30.6 Å². The number of ether oxygens (including phenoxy) is 1. The van der Waals surface area contributed by atoms with E-state index in [1.54, 1.807) is 6.92 Å². The zero-order valence-electron chi connectivity index (χ0n) is 21.7. The lowest BCUT2D eigenvalue weighted by atomic mass is 10.1. The van der Waals surface area contributed by atoms with E-state index < -0.39 is 0 Å². The molecule has 0 aliphatic rings. The van der Waals surface area contributed by atoms with Gasteiger partial charge in [0, 0.05) is 22.4 Å². The molecule has 9 nitrogen and oxygen atoms in total. The number of carbonyl (C=O) groups is 1. The Morgan fingerprint density at radius 1 is 1.10 bits per heavy atom. The number of imidazole rings is 1. The van der Waals surface area contributed by atoms with Gasteiger partial charge >= 0.3 is 5.97 Å². The summed E-state index contributed by atoms with van der Waals surface area (Å²) in [6, 6.07) is 23.3. The van der Waals surface area contributed by atoms with Crippen molar-refractivity contribution in [1.82, 2.24) is 19.7 Å². The number of hydrogen-bond donors (Lipinski definition) is 4. The molecule has 2 heterocycles. The number of rotatable bonds is 9. The molecule has 0 fully saturated rings. The SMILES string of the molecule is CCOC(=O)Cc1cc(-c2ccccc2)n(-c2ccc3[nH]c(CNc4ccc(C(=N)N)cc4)nc3c2C)n1.Cl. The lowest BCUT2D eigenvalue weighted by Gasteiger charge is -2.11. The zero-order chi connectivity index (χ0) is 26.6. The van der Waals surface area contributed by atoms with Gasteiger partial charge in [0.25, 0.3) is 0 Å². The molecule has 39 heavy (non-hydrogen) atoms. The molecule has 10 heteroatoms. The topological polar surface area (TPSA) is 135 Å². The molecule has 0 aliphatic carbocycles. The number of aromatic nitrogens is 4. The minimum atomic E-state index is -0.302. The second kappa shape index (κ2) is 11.8. The number of esters is 1. The Labute approximate surface area is 232 Å². The molecule has 0 saturated heterocycles. The van der Waals surface area contributed by atoms with Gasteiger partial charge in [-0.15, -0.1) is 12.4 Å². The van der Waals surface area contributed by atoms with E-state index in [0.29, 0.717) is 24.4 Å². The van der Waals surface area contributed by atoms with Crippen LogP contribution in [0.2, 0.25) is 0 Å². The third kappa shape index (κ3) is 5.94. The number of nitrogen functional groups attached to an aromatic ring is 1. The number of nitrogens with one attached hydrogen (secondary N) is 3. The van der Waals surface area contributed by atoms with Crippen LogP contribution < -0.4 is 11.1 Å². The second-order valence-corrected chi connectivity index (χ2v) is 8.91. The molecule has 0 unspecified atom stereocenters. The van der Waals surface area contributed by atoms with Gasteiger partial charge in [-0.25, -0.2) is 9.67 Å². The van der Waals surface area contributed by atoms with E-state index in [9.17, 15) is 4.79 Å². The first-order valence-corrected chi connectivity index (χ1v) is 12.4.